The smallest absolute Gasteiger partial charge is 0.119 e. The number of phenols is 1. The zero-order valence-electron chi connectivity index (χ0n) is 17.1. The lowest BCUT2D eigenvalue weighted by Gasteiger charge is -2.39. The van der Waals surface area contributed by atoms with E-state index in [1.54, 1.807) is 19.2 Å². The number of ether oxygens (including phenoxy) is 1. The normalized spacial score (nSPS) is 24.3. The molecule has 0 radical (unpaired) electrons. The Morgan fingerprint density at radius 1 is 1.14 bits per heavy atom. The Bertz CT molecular complexity index is 830. The van der Waals surface area contributed by atoms with Crippen molar-refractivity contribution in [2.24, 2.45) is 5.92 Å². The van der Waals surface area contributed by atoms with Crippen LogP contribution in [0.4, 0.5) is 0 Å². The fourth-order valence-electron chi connectivity index (χ4n) is 4.31. The van der Waals surface area contributed by atoms with Gasteiger partial charge in [-0.2, -0.15) is 0 Å². The molecule has 1 fully saturated rings. The van der Waals surface area contributed by atoms with Crippen LogP contribution >= 0.6 is 0 Å². The Morgan fingerprint density at radius 3 is 2.64 bits per heavy atom. The quantitative estimate of drug-likeness (QED) is 0.753. The molecule has 2 unspecified atom stereocenters. The molecule has 28 heavy (non-hydrogen) atoms. The molecule has 1 aliphatic rings. The summed E-state index contributed by atoms with van der Waals surface area (Å²) >= 11 is 0. The van der Waals surface area contributed by atoms with Crippen LogP contribution in [-0.2, 0) is 5.60 Å². The number of hydrogen-bond acceptors (Lipinski definition) is 4. The summed E-state index contributed by atoms with van der Waals surface area (Å²) in [6, 6.07) is 15.0. The predicted molar refractivity (Wildman–Crippen MR) is 113 cm³/mol. The minimum Gasteiger partial charge on any atom is -0.508 e. The molecular formula is C24H31NO3. The molecule has 2 N–H and O–H groups in total. The molecule has 4 heteroatoms. The van der Waals surface area contributed by atoms with Crippen LogP contribution in [0.15, 0.2) is 54.1 Å². The van der Waals surface area contributed by atoms with Crippen LogP contribution in [-0.4, -0.2) is 42.9 Å². The zero-order chi connectivity index (χ0) is 20.1. The van der Waals surface area contributed by atoms with E-state index >= 15 is 0 Å². The van der Waals surface area contributed by atoms with Gasteiger partial charge in [0.2, 0.25) is 0 Å². The average Bonchev–Trinajstić information content (AvgIpc) is 2.82. The van der Waals surface area contributed by atoms with Gasteiger partial charge in [-0.1, -0.05) is 36.8 Å². The van der Waals surface area contributed by atoms with Crippen LogP contribution in [0, 0.1) is 5.92 Å². The number of aliphatic hydroxyl groups is 1. The van der Waals surface area contributed by atoms with E-state index in [0.29, 0.717) is 0 Å². The first kappa shape index (κ1) is 20.4. The summed E-state index contributed by atoms with van der Waals surface area (Å²) in [5.41, 5.74) is 1.65. The first-order valence-electron chi connectivity index (χ1n) is 9.95. The summed E-state index contributed by atoms with van der Waals surface area (Å²) in [5.74, 6) is 1.02. The number of methoxy groups -OCH3 is 1. The monoisotopic (exact) mass is 381 g/mol. The lowest BCUT2D eigenvalue weighted by Crippen LogP contribution is -2.41. The third-order valence-electron chi connectivity index (χ3n) is 5.64. The Balaban J connectivity index is 2.14. The largest absolute Gasteiger partial charge is 0.508 e. The van der Waals surface area contributed by atoms with E-state index in [9.17, 15) is 10.2 Å². The molecule has 150 valence electrons. The van der Waals surface area contributed by atoms with Gasteiger partial charge >= 0.3 is 0 Å². The summed E-state index contributed by atoms with van der Waals surface area (Å²) in [4.78, 5) is 2.13. The Labute approximate surface area is 168 Å². The number of rotatable bonds is 5. The maximum atomic E-state index is 12.2. The molecule has 0 aliphatic heterocycles. The van der Waals surface area contributed by atoms with E-state index in [2.05, 4.69) is 11.0 Å². The molecule has 0 bridgehead atoms. The van der Waals surface area contributed by atoms with Gasteiger partial charge in [-0.3, -0.25) is 0 Å². The fraction of sp³-hybridized carbons (Fsp3) is 0.417. The number of phenolic OH excluding ortho intramolecular Hbond substituents is 1. The predicted octanol–water partition coefficient (Wildman–Crippen LogP) is 4.42. The second-order valence-electron chi connectivity index (χ2n) is 7.97. The molecule has 2 aromatic rings. The maximum Gasteiger partial charge on any atom is 0.119 e. The van der Waals surface area contributed by atoms with Crippen LogP contribution in [0.3, 0.4) is 0 Å². The molecule has 0 saturated heterocycles. The van der Waals surface area contributed by atoms with Crippen LogP contribution < -0.4 is 4.74 Å². The number of aromatic hydroxyl groups is 1. The molecular weight excluding hydrogens is 350 g/mol. The third kappa shape index (κ3) is 4.40. The minimum absolute atomic E-state index is 0.0451. The molecule has 2 atom stereocenters. The van der Waals surface area contributed by atoms with Gasteiger partial charge in [0.05, 0.1) is 7.11 Å². The van der Waals surface area contributed by atoms with Gasteiger partial charge in [0.1, 0.15) is 17.1 Å². The van der Waals surface area contributed by atoms with Gasteiger partial charge in [0, 0.05) is 12.5 Å². The molecule has 0 spiro atoms. The number of benzene rings is 2. The lowest BCUT2D eigenvalue weighted by atomic mass is 9.74. The molecule has 0 aromatic heterocycles. The molecule has 0 heterocycles. The van der Waals surface area contributed by atoms with Gasteiger partial charge in [-0.25, -0.2) is 0 Å². The van der Waals surface area contributed by atoms with Crippen molar-refractivity contribution in [1.82, 2.24) is 4.90 Å². The Morgan fingerprint density at radius 2 is 1.93 bits per heavy atom. The lowest BCUT2D eigenvalue weighted by molar-refractivity contribution is 0.000332. The number of hydrogen-bond donors (Lipinski definition) is 2. The van der Waals surface area contributed by atoms with Crippen molar-refractivity contribution >= 4 is 6.08 Å². The highest BCUT2D eigenvalue weighted by Gasteiger charge is 2.43. The first-order chi connectivity index (χ1) is 13.4. The molecule has 0 amide bonds. The van der Waals surface area contributed by atoms with Gasteiger partial charge < -0.3 is 19.8 Å². The molecule has 4 nitrogen and oxygen atoms in total. The molecule has 1 aliphatic carbocycles. The number of nitrogens with zero attached hydrogens (tertiary/aromatic N) is 1. The Hall–Kier alpha value is -2.30. The first-order valence-corrected chi connectivity index (χ1v) is 9.95. The highest BCUT2D eigenvalue weighted by atomic mass is 16.5. The van der Waals surface area contributed by atoms with Crippen molar-refractivity contribution in [1.29, 1.82) is 0 Å². The van der Waals surface area contributed by atoms with E-state index in [0.717, 1.165) is 54.7 Å². The van der Waals surface area contributed by atoms with Crippen molar-refractivity contribution < 1.29 is 14.9 Å². The van der Waals surface area contributed by atoms with Crippen molar-refractivity contribution in [2.45, 2.75) is 31.3 Å². The highest BCUT2D eigenvalue weighted by Crippen LogP contribution is 2.45. The summed E-state index contributed by atoms with van der Waals surface area (Å²) in [5, 5.41) is 22.2. The Kier molecular flexibility index (Phi) is 6.42. The maximum absolute atomic E-state index is 12.2. The van der Waals surface area contributed by atoms with E-state index in [1.807, 2.05) is 50.5 Å². The molecule has 3 rings (SSSR count). The van der Waals surface area contributed by atoms with Crippen molar-refractivity contribution in [3.8, 4) is 11.5 Å². The van der Waals surface area contributed by atoms with Crippen LogP contribution in [0.25, 0.3) is 6.08 Å². The van der Waals surface area contributed by atoms with Crippen molar-refractivity contribution in [2.75, 3.05) is 27.7 Å². The minimum atomic E-state index is -1.12. The average molecular weight is 382 g/mol. The van der Waals surface area contributed by atoms with Gasteiger partial charge in [0.25, 0.3) is 0 Å². The second kappa shape index (κ2) is 8.80. The SMILES string of the molecule is COc1cccc(C=C2CCCCC(CN(C)C)C2(O)c2cccc(O)c2)c1. The van der Waals surface area contributed by atoms with Crippen LogP contribution in [0.2, 0.25) is 0 Å². The zero-order valence-corrected chi connectivity index (χ0v) is 17.1. The summed E-state index contributed by atoms with van der Waals surface area (Å²) in [6.07, 6.45) is 5.99. The van der Waals surface area contributed by atoms with Gasteiger partial charge in [-0.05, 0) is 74.3 Å². The molecule has 1 saturated carbocycles. The summed E-state index contributed by atoms with van der Waals surface area (Å²) in [7, 11) is 5.74. The molecule has 2 aromatic carbocycles. The topological polar surface area (TPSA) is 52.9 Å². The van der Waals surface area contributed by atoms with E-state index in [4.69, 9.17) is 4.74 Å². The van der Waals surface area contributed by atoms with Gasteiger partial charge in [0.15, 0.2) is 0 Å². The van der Waals surface area contributed by atoms with Crippen molar-refractivity contribution in [3.63, 3.8) is 0 Å². The van der Waals surface area contributed by atoms with E-state index < -0.39 is 5.60 Å². The second-order valence-corrected chi connectivity index (χ2v) is 7.97. The van der Waals surface area contributed by atoms with Gasteiger partial charge in [-0.15, -0.1) is 0 Å². The standard InChI is InChI=1S/C24H31NO3/c1-25(2)17-21-10-5-4-9-19(14-18-8-6-13-23(15-18)28-3)24(21,27)20-11-7-12-22(26)16-20/h6-8,11-16,21,26-27H,4-5,9-10,17H2,1-3H3. The fourth-order valence-corrected chi connectivity index (χ4v) is 4.31. The summed E-state index contributed by atoms with van der Waals surface area (Å²) in [6.45, 7) is 0.779. The highest BCUT2D eigenvalue weighted by molar-refractivity contribution is 5.59. The van der Waals surface area contributed by atoms with Crippen LogP contribution in [0.5, 0.6) is 11.5 Å². The summed E-state index contributed by atoms with van der Waals surface area (Å²) < 4.78 is 5.36. The van der Waals surface area contributed by atoms with Crippen molar-refractivity contribution in [3.05, 3.63) is 65.2 Å². The van der Waals surface area contributed by atoms with E-state index in [1.165, 1.54) is 0 Å². The third-order valence-corrected chi connectivity index (χ3v) is 5.64. The van der Waals surface area contributed by atoms with E-state index in [-0.39, 0.29) is 11.7 Å². The van der Waals surface area contributed by atoms with Crippen LogP contribution in [0.1, 0.15) is 36.8 Å².